The number of hydrogen-bond donors (Lipinski definition) is 1. The van der Waals surface area contributed by atoms with Gasteiger partial charge in [0, 0.05) is 13.3 Å². The predicted molar refractivity (Wildman–Crippen MR) is 66.8 cm³/mol. The zero-order chi connectivity index (χ0) is 12.3. The van der Waals surface area contributed by atoms with Gasteiger partial charge in [-0.1, -0.05) is 6.92 Å². The van der Waals surface area contributed by atoms with Gasteiger partial charge in [0.1, 0.15) is 11.5 Å². The molecule has 0 atom stereocenters. The number of phenols is 1. The maximum absolute atomic E-state index is 11.4. The molecule has 1 N–H and O–H groups in total. The molecule has 0 spiro atoms. The van der Waals surface area contributed by atoms with E-state index in [1.807, 2.05) is 22.6 Å². The average Bonchev–Trinajstić information content (AvgIpc) is 2.23. The van der Waals surface area contributed by atoms with Gasteiger partial charge in [-0.15, -0.1) is 0 Å². The van der Waals surface area contributed by atoms with Crippen LogP contribution in [0.4, 0.5) is 0 Å². The van der Waals surface area contributed by atoms with E-state index in [2.05, 4.69) is 0 Å². The Morgan fingerprint density at radius 1 is 1.44 bits per heavy atom. The first-order valence-electron chi connectivity index (χ1n) is 4.70. The summed E-state index contributed by atoms with van der Waals surface area (Å²) in [6.45, 7) is 2.99. The first-order valence-corrected chi connectivity index (χ1v) is 5.78. The molecule has 86 valence electrons. The third kappa shape index (κ3) is 2.72. The van der Waals surface area contributed by atoms with E-state index in [1.165, 1.54) is 19.1 Å². The van der Waals surface area contributed by atoms with Crippen molar-refractivity contribution < 1.29 is 19.4 Å². The van der Waals surface area contributed by atoms with Crippen LogP contribution in [0.5, 0.6) is 11.5 Å². The van der Waals surface area contributed by atoms with Crippen LogP contribution in [0.3, 0.4) is 0 Å². The van der Waals surface area contributed by atoms with Gasteiger partial charge in [-0.2, -0.15) is 0 Å². The zero-order valence-electron chi connectivity index (χ0n) is 8.91. The molecule has 0 aromatic heterocycles. The lowest BCUT2D eigenvalue weighted by Crippen LogP contribution is -2.05. The largest absolute Gasteiger partial charge is 0.506 e. The Balaban J connectivity index is 3.17. The maximum Gasteiger partial charge on any atom is 0.308 e. The highest BCUT2D eigenvalue weighted by molar-refractivity contribution is 14.1. The van der Waals surface area contributed by atoms with Crippen LogP contribution in [-0.4, -0.2) is 16.9 Å². The quantitative estimate of drug-likeness (QED) is 0.399. The smallest absolute Gasteiger partial charge is 0.308 e. The number of aromatic hydroxyl groups is 1. The lowest BCUT2D eigenvalue weighted by atomic mass is 10.1. The first-order chi connectivity index (χ1) is 7.47. The standard InChI is InChI=1S/C11H11IO4/c1-3-8(14)7-4-5-9(16-6(2)13)10(12)11(7)15/h4-5,15H,3H2,1-2H3. The minimum Gasteiger partial charge on any atom is -0.506 e. The van der Waals surface area contributed by atoms with E-state index in [9.17, 15) is 14.7 Å². The molecule has 1 rings (SSSR count). The van der Waals surface area contributed by atoms with Gasteiger partial charge in [-0.05, 0) is 34.7 Å². The normalized spacial score (nSPS) is 9.94. The van der Waals surface area contributed by atoms with Crippen molar-refractivity contribution in [3.8, 4) is 11.5 Å². The van der Waals surface area contributed by atoms with Gasteiger partial charge in [-0.25, -0.2) is 0 Å². The summed E-state index contributed by atoms with van der Waals surface area (Å²) in [4.78, 5) is 22.2. The molecule has 0 aliphatic carbocycles. The molecule has 0 fully saturated rings. The molecule has 5 heteroatoms. The van der Waals surface area contributed by atoms with E-state index < -0.39 is 5.97 Å². The highest BCUT2D eigenvalue weighted by Crippen LogP contribution is 2.33. The molecule has 0 aliphatic rings. The van der Waals surface area contributed by atoms with Crippen molar-refractivity contribution in [3.63, 3.8) is 0 Å². The number of esters is 1. The van der Waals surface area contributed by atoms with Crippen molar-refractivity contribution in [2.45, 2.75) is 20.3 Å². The number of Topliss-reactive ketones (excluding diaryl/α,β-unsaturated/α-hetero) is 1. The third-order valence-corrected chi connectivity index (χ3v) is 3.00. The van der Waals surface area contributed by atoms with Gasteiger partial charge in [0.15, 0.2) is 5.78 Å². The lowest BCUT2D eigenvalue weighted by Gasteiger charge is -2.08. The summed E-state index contributed by atoms with van der Waals surface area (Å²) in [6.07, 6.45) is 0.316. The molecule has 0 aliphatic heterocycles. The summed E-state index contributed by atoms with van der Waals surface area (Å²) < 4.78 is 5.24. The number of carbonyl (C=O) groups excluding carboxylic acids is 2. The van der Waals surface area contributed by atoms with Crippen LogP contribution in [0.1, 0.15) is 30.6 Å². The van der Waals surface area contributed by atoms with Gasteiger partial charge < -0.3 is 9.84 Å². The molecule has 1 aromatic rings. The molecule has 0 amide bonds. The fourth-order valence-corrected chi connectivity index (χ4v) is 1.78. The van der Waals surface area contributed by atoms with Crippen molar-refractivity contribution in [1.29, 1.82) is 0 Å². The van der Waals surface area contributed by atoms with Gasteiger partial charge >= 0.3 is 5.97 Å². The molecular formula is C11H11IO4. The van der Waals surface area contributed by atoms with Gasteiger partial charge in [-0.3, -0.25) is 9.59 Å². The SMILES string of the molecule is CCC(=O)c1ccc(OC(C)=O)c(I)c1O. The van der Waals surface area contributed by atoms with Crippen LogP contribution < -0.4 is 4.74 Å². The predicted octanol–water partition coefficient (Wildman–Crippen LogP) is 2.51. The van der Waals surface area contributed by atoms with E-state index in [0.717, 1.165) is 0 Å². The number of phenolic OH excluding ortho intramolecular Hbond substituents is 1. The second kappa shape index (κ2) is 5.29. The molecule has 0 bridgehead atoms. The zero-order valence-corrected chi connectivity index (χ0v) is 11.1. The average molecular weight is 334 g/mol. The number of benzene rings is 1. The number of halogens is 1. The molecule has 16 heavy (non-hydrogen) atoms. The lowest BCUT2D eigenvalue weighted by molar-refractivity contribution is -0.131. The first kappa shape index (κ1) is 13.0. The van der Waals surface area contributed by atoms with Crippen molar-refractivity contribution in [3.05, 3.63) is 21.3 Å². The maximum atomic E-state index is 11.4. The van der Waals surface area contributed by atoms with Gasteiger partial charge in [0.05, 0.1) is 9.13 Å². The molecule has 0 radical (unpaired) electrons. The number of ether oxygens (including phenoxy) is 1. The second-order valence-electron chi connectivity index (χ2n) is 3.14. The van der Waals surface area contributed by atoms with E-state index in [4.69, 9.17) is 4.74 Å². The Hall–Kier alpha value is -1.11. The molecule has 0 heterocycles. The molecule has 0 saturated carbocycles. The van der Waals surface area contributed by atoms with Crippen LogP contribution in [0.2, 0.25) is 0 Å². The van der Waals surface area contributed by atoms with Gasteiger partial charge in [0.25, 0.3) is 0 Å². The summed E-state index contributed by atoms with van der Waals surface area (Å²) in [7, 11) is 0. The molecule has 0 saturated heterocycles. The molecule has 4 nitrogen and oxygen atoms in total. The van der Waals surface area contributed by atoms with E-state index in [1.54, 1.807) is 6.92 Å². The van der Waals surface area contributed by atoms with Gasteiger partial charge in [0.2, 0.25) is 0 Å². The Morgan fingerprint density at radius 2 is 2.06 bits per heavy atom. The monoisotopic (exact) mass is 334 g/mol. The van der Waals surface area contributed by atoms with Crippen molar-refractivity contribution in [2.75, 3.05) is 0 Å². The number of rotatable bonds is 3. The number of hydrogen-bond acceptors (Lipinski definition) is 4. The van der Waals surface area contributed by atoms with Crippen molar-refractivity contribution in [2.24, 2.45) is 0 Å². The fourth-order valence-electron chi connectivity index (χ4n) is 1.20. The second-order valence-corrected chi connectivity index (χ2v) is 4.22. The molecule has 1 aromatic carbocycles. The van der Waals surface area contributed by atoms with Crippen LogP contribution in [0, 0.1) is 3.57 Å². The Bertz CT molecular complexity index is 440. The summed E-state index contributed by atoms with van der Waals surface area (Å²) in [6, 6.07) is 2.97. The van der Waals surface area contributed by atoms with Crippen LogP contribution in [-0.2, 0) is 4.79 Å². The number of ketones is 1. The van der Waals surface area contributed by atoms with Crippen molar-refractivity contribution >= 4 is 34.3 Å². The van der Waals surface area contributed by atoms with E-state index in [0.29, 0.717) is 9.99 Å². The third-order valence-electron chi connectivity index (χ3n) is 1.96. The summed E-state index contributed by atoms with van der Waals surface area (Å²) in [5, 5.41) is 9.77. The Labute approximate surface area is 107 Å². The summed E-state index contributed by atoms with van der Waals surface area (Å²) in [5.41, 5.74) is 0.253. The molecular weight excluding hydrogens is 323 g/mol. The van der Waals surface area contributed by atoms with E-state index >= 15 is 0 Å². The summed E-state index contributed by atoms with van der Waals surface area (Å²) in [5.74, 6) is -0.485. The van der Waals surface area contributed by atoms with Crippen LogP contribution >= 0.6 is 22.6 Å². The van der Waals surface area contributed by atoms with Crippen LogP contribution in [0.25, 0.3) is 0 Å². The minimum atomic E-state index is -0.466. The van der Waals surface area contributed by atoms with Crippen LogP contribution in [0.15, 0.2) is 12.1 Å². The van der Waals surface area contributed by atoms with E-state index in [-0.39, 0.29) is 22.8 Å². The minimum absolute atomic E-state index is 0.133. The van der Waals surface area contributed by atoms with Crippen molar-refractivity contribution in [1.82, 2.24) is 0 Å². The Morgan fingerprint density at radius 3 is 2.56 bits per heavy atom. The summed E-state index contributed by atoms with van der Waals surface area (Å²) >= 11 is 1.83. The fraction of sp³-hybridized carbons (Fsp3) is 0.273. The number of carbonyl (C=O) groups is 2. The topological polar surface area (TPSA) is 63.6 Å². The highest BCUT2D eigenvalue weighted by Gasteiger charge is 2.16. The highest BCUT2D eigenvalue weighted by atomic mass is 127. The Kier molecular flexibility index (Phi) is 4.28. The molecule has 0 unspecified atom stereocenters.